The highest BCUT2D eigenvalue weighted by atomic mass is 32.2. The lowest BCUT2D eigenvalue weighted by Gasteiger charge is -2.11. The first-order valence-corrected chi connectivity index (χ1v) is 10.8. The number of aromatic nitrogens is 3. The van der Waals surface area contributed by atoms with Gasteiger partial charge >= 0.3 is 0 Å². The molecule has 1 unspecified atom stereocenters. The summed E-state index contributed by atoms with van der Waals surface area (Å²) in [7, 11) is -3.08. The Hall–Kier alpha value is -2.75. The lowest BCUT2D eigenvalue weighted by Crippen LogP contribution is -2.36. The van der Waals surface area contributed by atoms with E-state index in [-0.39, 0.29) is 52.9 Å². The Morgan fingerprint density at radius 1 is 1.43 bits per heavy atom. The molecule has 1 amide bonds. The summed E-state index contributed by atoms with van der Waals surface area (Å²) in [6.07, 6.45) is 0.600. The normalized spacial score (nSPS) is 18.7. The number of carbonyl (C=O) groups excluding carboxylic acids is 1. The molecule has 148 valence electrons. The van der Waals surface area contributed by atoms with Crippen molar-refractivity contribution in [1.29, 1.82) is 0 Å². The van der Waals surface area contributed by atoms with Crippen molar-refractivity contribution in [3.63, 3.8) is 0 Å². The van der Waals surface area contributed by atoms with Crippen LogP contribution >= 0.6 is 0 Å². The number of carbonyl (C=O) groups is 1. The van der Waals surface area contributed by atoms with Gasteiger partial charge in [-0.05, 0) is 31.9 Å². The topological polar surface area (TPSA) is 113 Å². The first-order chi connectivity index (χ1) is 13.2. The second-order valence-electron chi connectivity index (χ2n) is 7.08. The summed E-state index contributed by atoms with van der Waals surface area (Å²) in [6.45, 7) is 1.65. The van der Waals surface area contributed by atoms with E-state index in [9.17, 15) is 22.4 Å². The van der Waals surface area contributed by atoms with Crippen LogP contribution in [0.15, 0.2) is 23.0 Å². The van der Waals surface area contributed by atoms with Crippen LogP contribution in [0.3, 0.4) is 0 Å². The van der Waals surface area contributed by atoms with Crippen LogP contribution in [0.2, 0.25) is 0 Å². The molecule has 28 heavy (non-hydrogen) atoms. The molecule has 1 aliphatic rings. The number of halogens is 1. The Labute approximate surface area is 159 Å². The first-order valence-electron chi connectivity index (χ1n) is 8.93. The molecule has 0 spiro atoms. The number of fused-ring (bicyclic) bond motifs is 3. The molecule has 2 aromatic heterocycles. The number of amides is 1. The maximum Gasteiger partial charge on any atom is 0.276 e. The molecule has 10 heteroatoms. The Morgan fingerprint density at radius 3 is 2.93 bits per heavy atom. The van der Waals surface area contributed by atoms with E-state index in [1.165, 1.54) is 10.6 Å². The maximum absolute atomic E-state index is 14.1. The van der Waals surface area contributed by atoms with Crippen LogP contribution in [0.5, 0.6) is 0 Å². The van der Waals surface area contributed by atoms with E-state index in [2.05, 4.69) is 15.4 Å². The van der Waals surface area contributed by atoms with Crippen molar-refractivity contribution in [2.24, 2.45) is 0 Å². The van der Waals surface area contributed by atoms with Crippen LogP contribution < -0.4 is 10.9 Å². The number of aromatic amines is 1. The number of rotatable bonds is 4. The molecular weight excluding hydrogens is 387 g/mol. The van der Waals surface area contributed by atoms with Gasteiger partial charge in [-0.3, -0.25) is 14.7 Å². The zero-order valence-corrected chi connectivity index (χ0v) is 16.0. The molecule has 0 radical (unpaired) electrons. The quantitative estimate of drug-likeness (QED) is 0.667. The van der Waals surface area contributed by atoms with E-state index in [4.69, 9.17) is 0 Å². The van der Waals surface area contributed by atoms with Crippen molar-refractivity contribution in [3.05, 3.63) is 45.6 Å². The molecule has 4 rings (SSSR count). The second-order valence-corrected chi connectivity index (χ2v) is 9.31. The average molecular weight is 406 g/mol. The van der Waals surface area contributed by atoms with Gasteiger partial charge in [-0.15, -0.1) is 0 Å². The minimum atomic E-state index is -3.08. The number of nitrogens with zero attached hydrogens (tertiary/aromatic N) is 2. The molecule has 0 saturated carbocycles. The van der Waals surface area contributed by atoms with Gasteiger partial charge in [0.05, 0.1) is 22.4 Å². The Kier molecular flexibility index (Phi) is 4.45. The number of hydrogen-bond donors (Lipinski definition) is 2. The molecule has 3 aromatic rings. The third kappa shape index (κ3) is 3.28. The average Bonchev–Trinajstić information content (AvgIpc) is 3.15. The molecule has 0 bridgehead atoms. The summed E-state index contributed by atoms with van der Waals surface area (Å²) in [4.78, 5) is 29.4. The zero-order chi connectivity index (χ0) is 20.1. The predicted molar refractivity (Wildman–Crippen MR) is 102 cm³/mol. The van der Waals surface area contributed by atoms with Crippen LogP contribution in [-0.2, 0) is 21.1 Å². The van der Waals surface area contributed by atoms with Gasteiger partial charge in [0.2, 0.25) is 5.91 Å². The van der Waals surface area contributed by atoms with Gasteiger partial charge in [-0.2, -0.15) is 0 Å². The van der Waals surface area contributed by atoms with E-state index in [1.54, 1.807) is 19.1 Å². The molecular formula is C18H19FN4O4S. The molecule has 1 fully saturated rings. The van der Waals surface area contributed by atoms with Crippen LogP contribution in [0.1, 0.15) is 24.1 Å². The number of nitrogens with one attached hydrogen (secondary N) is 2. The van der Waals surface area contributed by atoms with Gasteiger partial charge < -0.3 is 5.32 Å². The van der Waals surface area contributed by atoms with Gasteiger partial charge in [0.1, 0.15) is 5.82 Å². The van der Waals surface area contributed by atoms with Crippen molar-refractivity contribution < 1.29 is 17.6 Å². The number of sulfone groups is 1. The van der Waals surface area contributed by atoms with E-state index in [0.717, 1.165) is 0 Å². The van der Waals surface area contributed by atoms with Crippen LogP contribution in [0.25, 0.3) is 16.6 Å². The lowest BCUT2D eigenvalue weighted by atomic mass is 10.1. The van der Waals surface area contributed by atoms with E-state index in [1.807, 2.05) is 0 Å². The molecule has 1 aromatic carbocycles. The summed E-state index contributed by atoms with van der Waals surface area (Å²) in [6, 6.07) is 4.13. The second kappa shape index (κ2) is 6.69. The summed E-state index contributed by atoms with van der Waals surface area (Å²) in [5, 5.41) is 5.79. The minimum Gasteiger partial charge on any atom is -0.352 e. The smallest absolute Gasteiger partial charge is 0.276 e. The zero-order valence-electron chi connectivity index (χ0n) is 15.2. The fourth-order valence-electron chi connectivity index (χ4n) is 3.63. The predicted octanol–water partition coefficient (Wildman–Crippen LogP) is 0.859. The lowest BCUT2D eigenvalue weighted by molar-refractivity contribution is -0.121. The largest absolute Gasteiger partial charge is 0.352 e. The fourth-order valence-corrected chi connectivity index (χ4v) is 5.31. The molecule has 0 aliphatic carbocycles. The first kappa shape index (κ1) is 18.6. The monoisotopic (exact) mass is 406 g/mol. The molecule has 1 aliphatic heterocycles. The summed E-state index contributed by atoms with van der Waals surface area (Å²) in [5.74, 6) is -0.750. The number of hydrogen-bond acceptors (Lipinski definition) is 5. The number of aryl methyl sites for hydroxylation is 1. The van der Waals surface area contributed by atoms with Gasteiger partial charge in [0.15, 0.2) is 15.5 Å². The highest BCUT2D eigenvalue weighted by molar-refractivity contribution is 7.91. The highest BCUT2D eigenvalue weighted by Gasteiger charge is 2.28. The van der Waals surface area contributed by atoms with Crippen molar-refractivity contribution in [1.82, 2.24) is 19.9 Å². The van der Waals surface area contributed by atoms with Crippen molar-refractivity contribution in [3.8, 4) is 0 Å². The van der Waals surface area contributed by atoms with E-state index < -0.39 is 15.7 Å². The maximum atomic E-state index is 14.1. The standard InChI is InChI=1S/C18H19FN4O4S/c1-10-12(5-6-15(24)21-11-7-8-28(26,27)9-11)18(25)23-17(20-10)16-13(19)3-2-4-14(16)22-23/h2-4,11,22H,5-9H2,1H3,(H,21,24). The Bertz CT molecular complexity index is 1260. The van der Waals surface area contributed by atoms with Crippen LogP contribution in [0.4, 0.5) is 4.39 Å². The molecule has 3 heterocycles. The SMILES string of the molecule is Cc1nc2c3c(F)cccc3[nH]n2c(=O)c1CCC(=O)NC1CCS(=O)(=O)C1. The minimum absolute atomic E-state index is 0.0367. The van der Waals surface area contributed by atoms with E-state index >= 15 is 0 Å². The molecule has 1 saturated heterocycles. The van der Waals surface area contributed by atoms with Crippen LogP contribution in [0, 0.1) is 12.7 Å². The highest BCUT2D eigenvalue weighted by Crippen LogP contribution is 2.21. The van der Waals surface area contributed by atoms with Gasteiger partial charge in [0.25, 0.3) is 5.56 Å². The van der Waals surface area contributed by atoms with Crippen molar-refractivity contribution in [2.45, 2.75) is 32.2 Å². The number of benzene rings is 1. The third-order valence-electron chi connectivity index (χ3n) is 5.05. The summed E-state index contributed by atoms with van der Waals surface area (Å²) >= 11 is 0. The Balaban J connectivity index is 1.57. The fraction of sp³-hybridized carbons (Fsp3) is 0.389. The molecule has 1 atom stereocenters. The van der Waals surface area contributed by atoms with Crippen molar-refractivity contribution >= 4 is 32.3 Å². The molecule has 8 nitrogen and oxygen atoms in total. The van der Waals surface area contributed by atoms with Gasteiger partial charge in [-0.25, -0.2) is 22.3 Å². The van der Waals surface area contributed by atoms with E-state index in [0.29, 0.717) is 23.2 Å². The molecule has 2 N–H and O–H groups in total. The van der Waals surface area contributed by atoms with Gasteiger partial charge in [-0.1, -0.05) is 6.07 Å². The van der Waals surface area contributed by atoms with Crippen molar-refractivity contribution in [2.75, 3.05) is 11.5 Å². The Morgan fingerprint density at radius 2 is 2.21 bits per heavy atom. The third-order valence-corrected chi connectivity index (χ3v) is 6.82. The number of H-pyrrole nitrogens is 1. The van der Waals surface area contributed by atoms with Gasteiger partial charge in [0, 0.05) is 23.7 Å². The van der Waals surface area contributed by atoms with Crippen LogP contribution in [-0.4, -0.2) is 46.5 Å². The summed E-state index contributed by atoms with van der Waals surface area (Å²) in [5.41, 5.74) is 1.08. The summed E-state index contributed by atoms with van der Waals surface area (Å²) < 4.78 is 38.3.